The molecule has 1 aliphatic rings. The maximum absolute atomic E-state index is 14.4. The number of fused-ring (bicyclic) bond motifs is 1. The average molecular weight is 812 g/mol. The van der Waals surface area contributed by atoms with Crippen molar-refractivity contribution in [3.8, 4) is 5.75 Å². The van der Waals surface area contributed by atoms with Crippen molar-refractivity contribution in [1.82, 2.24) is 46.2 Å². The molecule has 0 saturated carbocycles. The van der Waals surface area contributed by atoms with Crippen LogP contribution in [0.2, 0.25) is 0 Å². The molecule has 0 unspecified atom stereocenters. The van der Waals surface area contributed by atoms with E-state index in [0.717, 1.165) is 16.5 Å². The van der Waals surface area contributed by atoms with E-state index in [-0.39, 0.29) is 43.2 Å². The van der Waals surface area contributed by atoms with Crippen molar-refractivity contribution in [1.29, 1.82) is 0 Å². The highest BCUT2D eigenvalue weighted by Gasteiger charge is 2.34. The molecule has 4 aromatic rings. The van der Waals surface area contributed by atoms with Gasteiger partial charge in [0, 0.05) is 55.3 Å². The molecule has 6 amide bonds. The first-order valence-electron chi connectivity index (χ1n) is 20.0. The lowest BCUT2D eigenvalue weighted by Crippen LogP contribution is -2.60. The van der Waals surface area contributed by atoms with Crippen molar-refractivity contribution < 1.29 is 33.5 Å². The van der Waals surface area contributed by atoms with E-state index in [1.165, 1.54) is 18.0 Å². The quantitative estimate of drug-likeness (QED) is 0.148. The Morgan fingerprint density at radius 3 is 2.12 bits per heavy atom. The minimum absolute atomic E-state index is 0.0539. The number of hydrogen-bond donors (Lipinski definition) is 6. The zero-order chi connectivity index (χ0) is 43.0. The molecule has 16 heteroatoms. The normalized spacial score (nSPS) is 21.6. The fourth-order valence-electron chi connectivity index (χ4n) is 7.04. The van der Waals surface area contributed by atoms with E-state index in [9.17, 15) is 28.8 Å². The Hall–Kier alpha value is -6.19. The molecule has 5 atom stereocenters. The number of aryl methyl sites for hydroxylation is 1. The molecule has 3 heterocycles. The van der Waals surface area contributed by atoms with Gasteiger partial charge in [-0.15, -0.1) is 0 Å². The Bertz CT molecular complexity index is 2140. The van der Waals surface area contributed by atoms with Crippen LogP contribution in [0.4, 0.5) is 0 Å². The molecule has 59 heavy (non-hydrogen) atoms. The Labute approximate surface area is 344 Å². The van der Waals surface area contributed by atoms with E-state index < -0.39 is 72.2 Å². The van der Waals surface area contributed by atoms with Gasteiger partial charge in [0.1, 0.15) is 29.9 Å². The number of rotatable bonds is 9. The van der Waals surface area contributed by atoms with Gasteiger partial charge < -0.3 is 41.2 Å². The van der Waals surface area contributed by atoms with Crippen molar-refractivity contribution in [3.63, 3.8) is 0 Å². The number of hydrogen-bond acceptors (Lipinski definition) is 8. The van der Waals surface area contributed by atoms with E-state index in [1.807, 2.05) is 52.0 Å². The maximum Gasteiger partial charge on any atom is 0.257 e. The highest BCUT2D eigenvalue weighted by Crippen LogP contribution is 2.20. The molecule has 0 spiro atoms. The first-order valence-corrected chi connectivity index (χ1v) is 20.0. The Morgan fingerprint density at radius 1 is 0.831 bits per heavy atom. The number of carbonyl (C=O) groups is 6. The van der Waals surface area contributed by atoms with Crippen LogP contribution in [0.5, 0.6) is 5.75 Å². The molecule has 1 fully saturated rings. The van der Waals surface area contributed by atoms with Crippen LogP contribution >= 0.6 is 0 Å². The number of carbonyl (C=O) groups excluding carboxylic acids is 6. The average Bonchev–Trinajstić information content (AvgIpc) is 3.76. The third-order valence-electron chi connectivity index (χ3n) is 10.7. The van der Waals surface area contributed by atoms with Gasteiger partial charge in [0.25, 0.3) is 5.91 Å². The number of methoxy groups -OCH3 is 1. The second-order valence-electron chi connectivity index (χ2n) is 16.0. The second-order valence-corrected chi connectivity index (χ2v) is 16.0. The van der Waals surface area contributed by atoms with Gasteiger partial charge >= 0.3 is 0 Å². The number of ether oxygens (including phenoxy) is 1. The summed E-state index contributed by atoms with van der Waals surface area (Å²) in [4.78, 5) is 89.3. The summed E-state index contributed by atoms with van der Waals surface area (Å²) in [6.45, 7) is 10.3. The first-order chi connectivity index (χ1) is 28.0. The number of aromatic amines is 1. The molecule has 0 aliphatic carbocycles. The van der Waals surface area contributed by atoms with Crippen molar-refractivity contribution in [2.75, 3.05) is 20.2 Å². The lowest BCUT2D eigenvalue weighted by molar-refractivity contribution is -0.135. The van der Waals surface area contributed by atoms with Crippen molar-refractivity contribution >= 4 is 46.3 Å². The van der Waals surface area contributed by atoms with E-state index in [2.05, 4.69) is 36.7 Å². The molecular formula is C43H57N9O7. The number of para-hydroxylation sites is 1. The van der Waals surface area contributed by atoms with Crippen molar-refractivity contribution in [3.05, 3.63) is 83.3 Å². The molecule has 2 aromatic carbocycles. The Balaban J connectivity index is 1.56. The molecule has 16 nitrogen and oxygen atoms in total. The monoisotopic (exact) mass is 811 g/mol. The van der Waals surface area contributed by atoms with E-state index >= 15 is 0 Å². The van der Waals surface area contributed by atoms with Crippen LogP contribution in [0.25, 0.3) is 10.9 Å². The van der Waals surface area contributed by atoms with E-state index in [1.54, 1.807) is 56.2 Å². The standard InChI is InChI=1S/C43H57N9O7/c1-24(2)17-34-41(56)49-35(18-28-13-15-30(59-8)16-14-28)40(55)46-26(5)39(54)50-37(25(3)4)22-52(43(58)32-21-45-51(7)27(32)6)23-38(53)47-36(42(57)48-34)19-29-20-44-33-12-10-9-11-31(29)33/h9-16,20-21,24-26,34-37,44H,17-19,22-23H2,1-8H3,(H,46,55)(H,47,53)(H,48,57)(H,49,56)(H,50,54)/t26-,34+,35+,36-,37-/m1/s1. The summed E-state index contributed by atoms with van der Waals surface area (Å²) in [6, 6.07) is 9.46. The minimum atomic E-state index is -1.18. The zero-order valence-corrected chi connectivity index (χ0v) is 35.0. The Morgan fingerprint density at radius 2 is 1.47 bits per heavy atom. The highest BCUT2D eigenvalue weighted by atomic mass is 16.5. The predicted octanol–water partition coefficient (Wildman–Crippen LogP) is 2.31. The predicted molar refractivity (Wildman–Crippen MR) is 222 cm³/mol. The largest absolute Gasteiger partial charge is 0.497 e. The molecule has 6 N–H and O–H groups in total. The van der Waals surface area contributed by atoms with Gasteiger partial charge in [0.15, 0.2) is 0 Å². The van der Waals surface area contributed by atoms with Gasteiger partial charge in [-0.2, -0.15) is 5.10 Å². The van der Waals surface area contributed by atoms with Crippen LogP contribution in [-0.4, -0.2) is 106 Å². The van der Waals surface area contributed by atoms with Crippen LogP contribution in [0.15, 0.2) is 60.9 Å². The molecule has 1 aliphatic heterocycles. The molecule has 0 bridgehead atoms. The molecule has 0 radical (unpaired) electrons. The summed E-state index contributed by atoms with van der Waals surface area (Å²) in [6.07, 6.45) is 3.53. The van der Waals surface area contributed by atoms with Gasteiger partial charge in [-0.3, -0.25) is 33.4 Å². The van der Waals surface area contributed by atoms with Gasteiger partial charge in [0.2, 0.25) is 29.5 Å². The van der Waals surface area contributed by atoms with Crippen LogP contribution < -0.4 is 31.3 Å². The topological polar surface area (TPSA) is 209 Å². The molecule has 316 valence electrons. The summed E-state index contributed by atoms with van der Waals surface area (Å²) in [5.41, 5.74) is 3.15. The van der Waals surface area contributed by atoms with E-state index in [4.69, 9.17) is 4.74 Å². The first kappa shape index (κ1) is 43.9. The lowest BCUT2D eigenvalue weighted by atomic mass is 9.99. The van der Waals surface area contributed by atoms with Crippen LogP contribution in [0, 0.1) is 18.8 Å². The van der Waals surface area contributed by atoms with Crippen molar-refractivity contribution in [2.45, 2.75) is 91.0 Å². The lowest BCUT2D eigenvalue weighted by Gasteiger charge is -2.32. The number of nitrogens with one attached hydrogen (secondary N) is 6. The second kappa shape index (κ2) is 19.5. The number of benzene rings is 2. The SMILES string of the molecule is COc1ccc(C[C@@H]2NC(=O)[C@H](CC(C)C)NC(=O)[C@@H](Cc3c[nH]c4ccccc34)NC(=O)CN(C(=O)c3cnn(C)c3C)C[C@H](C(C)C)NC(=O)[C@@H](C)NC2=O)cc1. The van der Waals surface area contributed by atoms with Gasteiger partial charge in [0.05, 0.1) is 25.4 Å². The van der Waals surface area contributed by atoms with Gasteiger partial charge in [-0.1, -0.05) is 58.0 Å². The highest BCUT2D eigenvalue weighted by molar-refractivity contribution is 5.99. The number of H-pyrrole nitrogens is 1. The molecular weight excluding hydrogens is 755 g/mol. The third kappa shape index (κ3) is 11.3. The summed E-state index contributed by atoms with van der Waals surface area (Å²) in [7, 11) is 3.24. The maximum atomic E-state index is 14.4. The minimum Gasteiger partial charge on any atom is -0.497 e. The third-order valence-corrected chi connectivity index (χ3v) is 10.7. The fourth-order valence-corrected chi connectivity index (χ4v) is 7.04. The fraction of sp³-hybridized carbons (Fsp3) is 0.465. The van der Waals surface area contributed by atoms with Crippen LogP contribution in [0.3, 0.4) is 0 Å². The Kier molecular flexibility index (Phi) is 14.5. The number of amides is 6. The van der Waals surface area contributed by atoms with E-state index in [0.29, 0.717) is 17.0 Å². The van der Waals surface area contributed by atoms with Crippen LogP contribution in [-0.2, 0) is 43.9 Å². The molecule has 1 saturated heterocycles. The van der Waals surface area contributed by atoms with Crippen molar-refractivity contribution in [2.24, 2.45) is 18.9 Å². The van der Waals surface area contributed by atoms with Gasteiger partial charge in [-0.25, -0.2) is 0 Å². The molecule has 2 aromatic heterocycles. The van der Waals surface area contributed by atoms with Gasteiger partial charge in [-0.05, 0) is 61.4 Å². The smallest absolute Gasteiger partial charge is 0.257 e. The number of aromatic nitrogens is 3. The number of nitrogens with zero attached hydrogens (tertiary/aromatic N) is 3. The summed E-state index contributed by atoms with van der Waals surface area (Å²) in [5, 5.41) is 19.4. The zero-order valence-electron chi connectivity index (χ0n) is 35.0. The summed E-state index contributed by atoms with van der Waals surface area (Å²) >= 11 is 0. The molecule has 5 rings (SSSR count). The summed E-state index contributed by atoms with van der Waals surface area (Å²) < 4.78 is 6.84. The summed E-state index contributed by atoms with van der Waals surface area (Å²) in [5.74, 6) is -3.15. The van der Waals surface area contributed by atoms with Crippen LogP contribution in [0.1, 0.15) is 68.2 Å².